The first-order chi connectivity index (χ1) is 9.10. The quantitative estimate of drug-likeness (QED) is 0.639. The maximum atomic E-state index is 13.5. The maximum absolute atomic E-state index is 13.5. The minimum Gasteiger partial charge on any atom is -0.497 e. The van der Waals surface area contributed by atoms with Gasteiger partial charge in [0.15, 0.2) is 0 Å². The van der Waals surface area contributed by atoms with Gasteiger partial charge in [-0.3, -0.25) is 4.79 Å². The molecule has 19 heavy (non-hydrogen) atoms. The molecular weight excluding hydrogens is 315 g/mol. The van der Waals surface area contributed by atoms with E-state index in [0.717, 1.165) is 0 Å². The molecule has 0 bridgehead atoms. The van der Waals surface area contributed by atoms with E-state index in [4.69, 9.17) is 9.15 Å². The Bertz CT molecular complexity index is 855. The van der Waals surface area contributed by atoms with E-state index in [0.29, 0.717) is 22.1 Å². The molecule has 0 aliphatic carbocycles. The highest BCUT2D eigenvalue weighted by atomic mass is 79.9. The van der Waals surface area contributed by atoms with Gasteiger partial charge in [0.2, 0.25) is 5.43 Å². The summed E-state index contributed by atoms with van der Waals surface area (Å²) in [6, 6.07) is 7.55. The SMILES string of the molecule is COc1ccc2oc3cc(F)c(Br)cc3c(=O)c2c1. The summed E-state index contributed by atoms with van der Waals surface area (Å²) in [5, 5.41) is 0.736. The van der Waals surface area contributed by atoms with Crippen molar-refractivity contribution in [1.82, 2.24) is 0 Å². The first-order valence-corrected chi connectivity index (χ1v) is 6.29. The van der Waals surface area contributed by atoms with Gasteiger partial charge in [-0.2, -0.15) is 0 Å². The molecule has 0 atom stereocenters. The van der Waals surface area contributed by atoms with Gasteiger partial charge in [0.05, 0.1) is 22.4 Å². The van der Waals surface area contributed by atoms with E-state index in [9.17, 15) is 9.18 Å². The second-order valence-electron chi connectivity index (χ2n) is 4.06. The Hall–Kier alpha value is -1.88. The van der Waals surface area contributed by atoms with Gasteiger partial charge >= 0.3 is 0 Å². The monoisotopic (exact) mass is 322 g/mol. The number of rotatable bonds is 1. The molecule has 2 aromatic carbocycles. The Labute approximate surface area is 115 Å². The fourth-order valence-electron chi connectivity index (χ4n) is 1.96. The standard InChI is InChI=1S/C14H8BrFO3/c1-18-7-2-3-12-8(4-7)14(17)9-5-10(15)11(16)6-13(9)19-12/h2-6H,1H3. The topological polar surface area (TPSA) is 39.4 Å². The molecule has 0 radical (unpaired) electrons. The molecule has 0 N–H and O–H groups in total. The van der Waals surface area contributed by atoms with Crippen LogP contribution >= 0.6 is 15.9 Å². The van der Waals surface area contributed by atoms with Gasteiger partial charge < -0.3 is 9.15 Å². The molecule has 3 aromatic rings. The van der Waals surface area contributed by atoms with Crippen molar-refractivity contribution in [2.45, 2.75) is 0 Å². The molecule has 5 heteroatoms. The first kappa shape index (κ1) is 12.2. The molecule has 0 spiro atoms. The van der Waals surface area contributed by atoms with Gasteiger partial charge in [0.25, 0.3) is 0 Å². The Morgan fingerprint density at radius 2 is 1.89 bits per heavy atom. The number of halogens is 2. The van der Waals surface area contributed by atoms with Gasteiger partial charge in [0.1, 0.15) is 22.7 Å². The van der Waals surface area contributed by atoms with Crippen LogP contribution in [0.1, 0.15) is 0 Å². The molecular formula is C14H8BrFO3. The van der Waals surface area contributed by atoms with Gasteiger partial charge in [-0.1, -0.05) is 0 Å². The van der Waals surface area contributed by atoms with Crippen molar-refractivity contribution in [1.29, 1.82) is 0 Å². The Balaban J connectivity index is 2.49. The molecule has 0 aliphatic rings. The predicted octanol–water partition coefficient (Wildman–Crippen LogP) is 3.86. The van der Waals surface area contributed by atoms with Crippen molar-refractivity contribution in [3.63, 3.8) is 0 Å². The lowest BCUT2D eigenvalue weighted by Gasteiger charge is -2.04. The lowest BCUT2D eigenvalue weighted by Crippen LogP contribution is -2.03. The number of methoxy groups -OCH3 is 1. The normalized spacial score (nSPS) is 11.1. The molecule has 0 fully saturated rings. The maximum Gasteiger partial charge on any atom is 0.200 e. The number of ether oxygens (including phenoxy) is 1. The van der Waals surface area contributed by atoms with Crippen molar-refractivity contribution >= 4 is 37.9 Å². The van der Waals surface area contributed by atoms with Gasteiger partial charge in [-0.15, -0.1) is 0 Å². The van der Waals surface area contributed by atoms with Crippen LogP contribution < -0.4 is 10.2 Å². The van der Waals surface area contributed by atoms with Crippen LogP contribution in [0.4, 0.5) is 4.39 Å². The molecule has 0 amide bonds. The zero-order chi connectivity index (χ0) is 13.6. The molecule has 0 saturated heterocycles. The van der Waals surface area contributed by atoms with Gasteiger partial charge in [0, 0.05) is 6.07 Å². The van der Waals surface area contributed by atoms with E-state index in [1.54, 1.807) is 18.2 Å². The third-order valence-corrected chi connectivity index (χ3v) is 3.53. The van der Waals surface area contributed by atoms with Crippen molar-refractivity contribution in [2.75, 3.05) is 7.11 Å². The van der Waals surface area contributed by atoms with E-state index >= 15 is 0 Å². The van der Waals surface area contributed by atoms with Crippen LogP contribution in [0.3, 0.4) is 0 Å². The highest BCUT2D eigenvalue weighted by molar-refractivity contribution is 9.10. The second kappa shape index (κ2) is 4.35. The lowest BCUT2D eigenvalue weighted by molar-refractivity contribution is 0.415. The zero-order valence-corrected chi connectivity index (χ0v) is 11.5. The molecule has 1 heterocycles. The molecule has 0 unspecified atom stereocenters. The summed E-state index contributed by atoms with van der Waals surface area (Å²) < 4.78 is 24.3. The molecule has 1 aromatic heterocycles. The first-order valence-electron chi connectivity index (χ1n) is 5.50. The molecule has 0 saturated carbocycles. The third-order valence-electron chi connectivity index (χ3n) is 2.92. The van der Waals surface area contributed by atoms with Crippen molar-refractivity contribution in [3.8, 4) is 5.75 Å². The van der Waals surface area contributed by atoms with E-state index < -0.39 is 5.82 Å². The second-order valence-corrected chi connectivity index (χ2v) is 4.91. The third kappa shape index (κ3) is 1.90. The summed E-state index contributed by atoms with van der Waals surface area (Å²) in [4.78, 5) is 12.4. The summed E-state index contributed by atoms with van der Waals surface area (Å²) in [7, 11) is 1.52. The molecule has 0 aliphatic heterocycles. The molecule has 3 nitrogen and oxygen atoms in total. The Morgan fingerprint density at radius 1 is 1.16 bits per heavy atom. The summed E-state index contributed by atoms with van der Waals surface area (Å²) >= 11 is 3.06. The van der Waals surface area contributed by atoms with Crippen LogP contribution in [0, 0.1) is 5.82 Å². The Morgan fingerprint density at radius 3 is 2.63 bits per heavy atom. The zero-order valence-electron chi connectivity index (χ0n) is 9.87. The van der Waals surface area contributed by atoms with Crippen LogP contribution in [-0.4, -0.2) is 7.11 Å². The number of hydrogen-bond donors (Lipinski definition) is 0. The van der Waals surface area contributed by atoms with Crippen LogP contribution in [0.15, 0.2) is 44.0 Å². The predicted molar refractivity (Wildman–Crippen MR) is 74.2 cm³/mol. The fourth-order valence-corrected chi connectivity index (χ4v) is 2.30. The summed E-state index contributed by atoms with van der Waals surface area (Å²) in [6.07, 6.45) is 0. The van der Waals surface area contributed by atoms with Crippen LogP contribution in [-0.2, 0) is 0 Å². The van der Waals surface area contributed by atoms with E-state index in [-0.39, 0.29) is 15.5 Å². The van der Waals surface area contributed by atoms with E-state index in [1.165, 1.54) is 19.2 Å². The fraction of sp³-hybridized carbons (Fsp3) is 0.0714. The smallest absolute Gasteiger partial charge is 0.200 e. The van der Waals surface area contributed by atoms with Crippen LogP contribution in [0.5, 0.6) is 5.75 Å². The minimum atomic E-state index is -0.469. The highest BCUT2D eigenvalue weighted by Gasteiger charge is 2.11. The summed E-state index contributed by atoms with van der Waals surface area (Å²) in [6.45, 7) is 0. The number of fused-ring (bicyclic) bond motifs is 2. The van der Waals surface area contributed by atoms with Crippen molar-refractivity contribution in [3.05, 3.63) is 50.8 Å². The number of hydrogen-bond acceptors (Lipinski definition) is 3. The van der Waals surface area contributed by atoms with Gasteiger partial charge in [-0.25, -0.2) is 4.39 Å². The Kier molecular flexibility index (Phi) is 2.78. The lowest BCUT2D eigenvalue weighted by atomic mass is 10.1. The van der Waals surface area contributed by atoms with E-state index in [1.807, 2.05) is 0 Å². The summed E-state index contributed by atoms with van der Waals surface area (Å²) in [5.74, 6) is 0.101. The highest BCUT2D eigenvalue weighted by Crippen LogP contribution is 2.26. The minimum absolute atomic E-state index is 0.212. The number of benzene rings is 2. The average molecular weight is 323 g/mol. The molecule has 3 rings (SSSR count). The van der Waals surface area contributed by atoms with Gasteiger partial charge in [-0.05, 0) is 40.2 Å². The summed E-state index contributed by atoms with van der Waals surface area (Å²) in [5.41, 5.74) is 0.416. The van der Waals surface area contributed by atoms with Crippen molar-refractivity contribution < 1.29 is 13.5 Å². The average Bonchev–Trinajstić information content (AvgIpc) is 2.41. The van der Waals surface area contributed by atoms with Crippen LogP contribution in [0.2, 0.25) is 0 Å². The van der Waals surface area contributed by atoms with Crippen molar-refractivity contribution in [2.24, 2.45) is 0 Å². The van der Waals surface area contributed by atoms with E-state index in [2.05, 4.69) is 15.9 Å². The molecule has 96 valence electrons. The largest absolute Gasteiger partial charge is 0.497 e. The van der Waals surface area contributed by atoms with Crippen LogP contribution in [0.25, 0.3) is 21.9 Å².